The van der Waals surface area contributed by atoms with Crippen LogP contribution in [0.2, 0.25) is 0 Å². The first-order valence-electron chi connectivity index (χ1n) is 7.46. The number of nitrogens with zero attached hydrogens (tertiary/aromatic N) is 2. The second-order valence-corrected chi connectivity index (χ2v) is 6.82. The Labute approximate surface area is 134 Å². The molecule has 7 heteroatoms. The molecule has 2 amide bonds. The van der Waals surface area contributed by atoms with Gasteiger partial charge in [-0.1, -0.05) is 0 Å². The van der Waals surface area contributed by atoms with Crippen molar-refractivity contribution in [1.29, 1.82) is 0 Å². The standard InChI is InChI=1S/C16H21N3O4/c1-10-7-12(19(22)23)5-6-13(10)17-15(21)11-8-14(20)18(9-11)16(2,3)4/h5-7,11H,8-9H2,1-4H3,(H,17,21)/t11-/m1/s1. The van der Waals surface area contributed by atoms with Gasteiger partial charge in [-0.3, -0.25) is 19.7 Å². The van der Waals surface area contributed by atoms with E-state index in [-0.39, 0.29) is 29.5 Å². The number of rotatable bonds is 3. The summed E-state index contributed by atoms with van der Waals surface area (Å²) < 4.78 is 0. The summed E-state index contributed by atoms with van der Waals surface area (Å²) >= 11 is 0. The highest BCUT2D eigenvalue weighted by molar-refractivity contribution is 5.97. The molecular weight excluding hydrogens is 298 g/mol. The van der Waals surface area contributed by atoms with E-state index >= 15 is 0 Å². The van der Waals surface area contributed by atoms with Gasteiger partial charge in [0.25, 0.3) is 5.69 Å². The monoisotopic (exact) mass is 319 g/mol. The van der Waals surface area contributed by atoms with Crippen LogP contribution in [0, 0.1) is 23.0 Å². The zero-order valence-electron chi connectivity index (χ0n) is 13.8. The Hall–Kier alpha value is -2.44. The van der Waals surface area contributed by atoms with Crippen LogP contribution in [0.4, 0.5) is 11.4 Å². The number of amides is 2. The van der Waals surface area contributed by atoms with Crippen LogP contribution in [-0.2, 0) is 9.59 Å². The lowest BCUT2D eigenvalue weighted by Gasteiger charge is -2.31. The van der Waals surface area contributed by atoms with E-state index in [2.05, 4.69) is 5.32 Å². The number of carbonyl (C=O) groups excluding carboxylic acids is 2. The maximum atomic E-state index is 12.4. The van der Waals surface area contributed by atoms with Crippen LogP contribution in [0.3, 0.4) is 0 Å². The number of hydrogen-bond acceptors (Lipinski definition) is 4. The Balaban J connectivity index is 2.09. The fraction of sp³-hybridized carbons (Fsp3) is 0.500. The van der Waals surface area contributed by atoms with Crippen molar-refractivity contribution in [3.63, 3.8) is 0 Å². The maximum Gasteiger partial charge on any atom is 0.269 e. The lowest BCUT2D eigenvalue weighted by atomic mass is 10.1. The molecule has 0 spiro atoms. The molecule has 0 aromatic heterocycles. The van der Waals surface area contributed by atoms with E-state index in [0.29, 0.717) is 17.8 Å². The van der Waals surface area contributed by atoms with E-state index in [1.165, 1.54) is 18.2 Å². The van der Waals surface area contributed by atoms with Gasteiger partial charge in [0.1, 0.15) is 0 Å². The highest BCUT2D eigenvalue weighted by Gasteiger charge is 2.39. The molecular formula is C16H21N3O4. The number of non-ortho nitro benzene ring substituents is 1. The van der Waals surface area contributed by atoms with Gasteiger partial charge < -0.3 is 10.2 Å². The van der Waals surface area contributed by atoms with Crippen molar-refractivity contribution in [1.82, 2.24) is 4.90 Å². The fourth-order valence-electron chi connectivity index (χ4n) is 2.67. The third kappa shape index (κ3) is 3.67. The van der Waals surface area contributed by atoms with Crippen LogP contribution in [-0.4, -0.2) is 33.7 Å². The van der Waals surface area contributed by atoms with Gasteiger partial charge >= 0.3 is 0 Å². The lowest BCUT2D eigenvalue weighted by Crippen LogP contribution is -2.42. The molecule has 1 saturated heterocycles. The number of anilines is 1. The zero-order chi connectivity index (χ0) is 17.4. The molecule has 1 aliphatic rings. The Morgan fingerprint density at radius 3 is 2.52 bits per heavy atom. The first-order valence-corrected chi connectivity index (χ1v) is 7.46. The summed E-state index contributed by atoms with van der Waals surface area (Å²) in [5.41, 5.74) is 0.817. The number of nitro benzene ring substituents is 1. The molecule has 0 bridgehead atoms. The molecule has 0 unspecified atom stereocenters. The van der Waals surface area contributed by atoms with Crippen molar-refractivity contribution in [2.24, 2.45) is 5.92 Å². The largest absolute Gasteiger partial charge is 0.337 e. The van der Waals surface area contributed by atoms with Crippen LogP contribution in [0.15, 0.2) is 18.2 Å². The highest BCUT2D eigenvalue weighted by atomic mass is 16.6. The fourth-order valence-corrected chi connectivity index (χ4v) is 2.67. The van der Waals surface area contributed by atoms with Crippen molar-refractivity contribution in [3.05, 3.63) is 33.9 Å². The van der Waals surface area contributed by atoms with Gasteiger partial charge in [0.15, 0.2) is 0 Å². The minimum atomic E-state index is -0.477. The van der Waals surface area contributed by atoms with E-state index in [9.17, 15) is 19.7 Å². The Morgan fingerprint density at radius 2 is 2.04 bits per heavy atom. The second-order valence-electron chi connectivity index (χ2n) is 6.82. The van der Waals surface area contributed by atoms with Crippen LogP contribution in [0.25, 0.3) is 0 Å². The van der Waals surface area contributed by atoms with E-state index < -0.39 is 10.8 Å². The van der Waals surface area contributed by atoms with E-state index in [4.69, 9.17) is 0 Å². The zero-order valence-corrected chi connectivity index (χ0v) is 13.8. The van der Waals surface area contributed by atoms with Crippen LogP contribution in [0.5, 0.6) is 0 Å². The molecule has 23 heavy (non-hydrogen) atoms. The van der Waals surface area contributed by atoms with E-state index in [1.54, 1.807) is 11.8 Å². The van der Waals surface area contributed by atoms with Gasteiger partial charge in [-0.25, -0.2) is 0 Å². The van der Waals surface area contributed by atoms with Gasteiger partial charge in [-0.2, -0.15) is 0 Å². The summed E-state index contributed by atoms with van der Waals surface area (Å²) in [6.45, 7) is 7.90. The first kappa shape index (κ1) is 16.9. The van der Waals surface area contributed by atoms with Gasteiger partial charge in [-0.05, 0) is 39.3 Å². The summed E-state index contributed by atoms with van der Waals surface area (Å²) in [5.74, 6) is -0.670. The van der Waals surface area contributed by atoms with Crippen molar-refractivity contribution in [2.75, 3.05) is 11.9 Å². The topological polar surface area (TPSA) is 92.5 Å². The normalized spacial score (nSPS) is 18.2. The van der Waals surface area contributed by atoms with Crippen LogP contribution >= 0.6 is 0 Å². The van der Waals surface area contributed by atoms with E-state index in [1.807, 2.05) is 20.8 Å². The second kappa shape index (κ2) is 5.98. The summed E-state index contributed by atoms with van der Waals surface area (Å²) in [7, 11) is 0. The lowest BCUT2D eigenvalue weighted by molar-refractivity contribution is -0.384. The van der Waals surface area contributed by atoms with Crippen LogP contribution in [0.1, 0.15) is 32.8 Å². The average molecular weight is 319 g/mol. The van der Waals surface area contributed by atoms with Crippen LogP contribution < -0.4 is 5.32 Å². The number of aryl methyl sites for hydroxylation is 1. The smallest absolute Gasteiger partial charge is 0.269 e. The molecule has 0 saturated carbocycles. The van der Waals surface area contributed by atoms with Gasteiger partial charge in [0, 0.05) is 36.3 Å². The quantitative estimate of drug-likeness (QED) is 0.684. The third-order valence-corrected chi connectivity index (χ3v) is 3.98. The van der Waals surface area contributed by atoms with Crippen molar-refractivity contribution in [3.8, 4) is 0 Å². The maximum absolute atomic E-state index is 12.4. The van der Waals surface area contributed by atoms with Gasteiger partial charge in [-0.15, -0.1) is 0 Å². The predicted octanol–water partition coefficient (Wildman–Crippen LogP) is 2.49. The molecule has 1 aromatic carbocycles. The summed E-state index contributed by atoms with van der Waals surface area (Å²) in [5, 5.41) is 13.5. The molecule has 1 aliphatic heterocycles. The first-order chi connectivity index (χ1) is 10.6. The number of benzene rings is 1. The van der Waals surface area contributed by atoms with Crippen molar-refractivity contribution < 1.29 is 14.5 Å². The molecule has 1 fully saturated rings. The molecule has 2 rings (SSSR count). The average Bonchev–Trinajstić information content (AvgIpc) is 2.83. The molecule has 1 aromatic rings. The molecule has 0 aliphatic carbocycles. The number of likely N-dealkylation sites (tertiary alicyclic amines) is 1. The molecule has 0 radical (unpaired) electrons. The Bertz CT molecular complexity index is 664. The van der Waals surface area contributed by atoms with Crippen molar-refractivity contribution in [2.45, 2.75) is 39.7 Å². The predicted molar refractivity (Wildman–Crippen MR) is 86.0 cm³/mol. The number of nitrogens with one attached hydrogen (secondary N) is 1. The SMILES string of the molecule is Cc1cc([N+](=O)[O-])ccc1NC(=O)[C@@H]1CC(=O)N(C(C)(C)C)C1. The molecule has 7 nitrogen and oxygen atoms in total. The Kier molecular flexibility index (Phi) is 4.40. The number of carbonyl (C=O) groups is 2. The van der Waals surface area contributed by atoms with E-state index in [0.717, 1.165) is 0 Å². The minimum Gasteiger partial charge on any atom is -0.337 e. The van der Waals surface area contributed by atoms with Crippen molar-refractivity contribution >= 4 is 23.2 Å². The summed E-state index contributed by atoms with van der Waals surface area (Å²) in [4.78, 5) is 36.4. The number of hydrogen-bond donors (Lipinski definition) is 1. The molecule has 124 valence electrons. The molecule has 1 N–H and O–H groups in total. The van der Waals surface area contributed by atoms with Gasteiger partial charge in [0.05, 0.1) is 10.8 Å². The highest BCUT2D eigenvalue weighted by Crippen LogP contribution is 2.28. The Morgan fingerprint density at radius 1 is 1.39 bits per heavy atom. The summed E-state index contributed by atoms with van der Waals surface area (Å²) in [6.07, 6.45) is 0.190. The number of nitro groups is 1. The minimum absolute atomic E-state index is 0.0181. The molecule has 1 atom stereocenters. The third-order valence-electron chi connectivity index (χ3n) is 3.98. The molecule has 1 heterocycles. The summed E-state index contributed by atoms with van der Waals surface area (Å²) in [6, 6.07) is 4.28. The van der Waals surface area contributed by atoms with Gasteiger partial charge in [0.2, 0.25) is 11.8 Å².